The molecule has 11 nitrogen and oxygen atoms in total. The number of pyridine rings is 3. The van der Waals surface area contributed by atoms with E-state index in [1.807, 2.05) is 24.3 Å². The van der Waals surface area contributed by atoms with Crippen molar-refractivity contribution in [1.29, 1.82) is 0 Å². The van der Waals surface area contributed by atoms with Crippen molar-refractivity contribution in [2.45, 2.75) is 70.1 Å². The van der Waals surface area contributed by atoms with E-state index in [-0.39, 0.29) is 36.5 Å². The number of hydrogen-bond donors (Lipinski definition) is 4. The molecule has 1 fully saturated rings. The lowest BCUT2D eigenvalue weighted by atomic mass is 9.98. The number of rotatable bonds is 14. The molecule has 4 aromatic rings. The fourth-order valence-corrected chi connectivity index (χ4v) is 6.91. The molecule has 1 saturated heterocycles. The molecule has 0 radical (unpaired) electrons. The maximum atomic E-state index is 14.3. The molecular weight excluding hydrogens is 701 g/mol. The average molecular weight is 741 g/mol. The zero-order valence-electron chi connectivity index (χ0n) is 28.9. The van der Waals surface area contributed by atoms with E-state index in [1.54, 1.807) is 32.4 Å². The van der Waals surface area contributed by atoms with Crippen molar-refractivity contribution in [1.82, 2.24) is 30.9 Å². The van der Waals surface area contributed by atoms with E-state index >= 15 is 0 Å². The van der Waals surface area contributed by atoms with Gasteiger partial charge in [0, 0.05) is 67.1 Å². The van der Waals surface area contributed by atoms with Gasteiger partial charge in [-0.25, -0.2) is 4.98 Å². The van der Waals surface area contributed by atoms with Gasteiger partial charge < -0.3 is 35.3 Å². The van der Waals surface area contributed by atoms with E-state index in [1.165, 1.54) is 7.11 Å². The number of ether oxygens (including phenoxy) is 3. The predicted molar refractivity (Wildman–Crippen MR) is 188 cm³/mol. The van der Waals surface area contributed by atoms with Crippen molar-refractivity contribution in [3.05, 3.63) is 81.5 Å². The van der Waals surface area contributed by atoms with Crippen molar-refractivity contribution in [2.75, 3.05) is 27.3 Å². The topological polar surface area (TPSA) is 140 Å². The lowest BCUT2D eigenvalue weighted by molar-refractivity contribution is -0.139. The van der Waals surface area contributed by atoms with Gasteiger partial charge in [0.1, 0.15) is 11.7 Å². The Morgan fingerprint density at radius 2 is 1.75 bits per heavy atom. The van der Waals surface area contributed by atoms with Gasteiger partial charge in [0.2, 0.25) is 23.5 Å². The van der Waals surface area contributed by atoms with Crippen LogP contribution in [0.5, 0.6) is 17.6 Å². The van der Waals surface area contributed by atoms with Crippen LogP contribution < -0.4 is 30.2 Å². The molecule has 0 spiro atoms. The van der Waals surface area contributed by atoms with Crippen molar-refractivity contribution in [3.8, 4) is 40.2 Å². The molecule has 0 bridgehead atoms. The molecule has 1 aliphatic heterocycles. The predicted octanol–water partition coefficient (Wildman–Crippen LogP) is 5.80. The summed E-state index contributed by atoms with van der Waals surface area (Å²) in [6.07, 6.45) is -2.24. The fraction of sp³-hybridized carbons (Fsp3) is 0.405. The number of alkyl halides is 3. The molecule has 1 aliphatic carbocycles. The number of carbonyl (C=O) groups is 1. The standard InChI is InChI=1S/C37H40ClF3N6O5/c1-20(48)16-42-18-22-15-28(37(39,40)41)36(47-35(22)51-3)52-30-11-9-24-25(30)5-4-6-26(24)33-32(38)27(13-14-44-33)29-10-7-21(34(46-29)50-2)17-43-19-23-8-12-31(49)45-23/h4-7,10,13-15,20,23,30,42-43,48H,8-9,11-12,16-19H2,1-3H3,(H,45,49)/t20-,23-,30+/m1/s1. The highest BCUT2D eigenvalue weighted by Crippen LogP contribution is 2.45. The van der Waals surface area contributed by atoms with E-state index in [9.17, 15) is 23.1 Å². The van der Waals surface area contributed by atoms with Gasteiger partial charge in [-0.15, -0.1) is 0 Å². The first-order chi connectivity index (χ1) is 25.0. The van der Waals surface area contributed by atoms with Crippen molar-refractivity contribution >= 4 is 17.5 Å². The van der Waals surface area contributed by atoms with E-state index in [4.69, 9.17) is 30.8 Å². The molecule has 4 heterocycles. The molecular formula is C37H40ClF3N6O5. The number of aliphatic hydroxyl groups is 1. The van der Waals surface area contributed by atoms with Crippen LogP contribution in [0.15, 0.2) is 48.7 Å². The second-order valence-electron chi connectivity index (χ2n) is 12.8. The first-order valence-corrected chi connectivity index (χ1v) is 17.4. The molecule has 1 amide bonds. The largest absolute Gasteiger partial charge is 0.481 e. The van der Waals surface area contributed by atoms with Crippen molar-refractivity contribution in [3.63, 3.8) is 0 Å². The van der Waals surface area contributed by atoms with E-state index in [0.29, 0.717) is 65.8 Å². The van der Waals surface area contributed by atoms with E-state index in [0.717, 1.165) is 29.2 Å². The normalized spacial score (nSPS) is 17.5. The summed E-state index contributed by atoms with van der Waals surface area (Å²) in [4.78, 5) is 25.0. The lowest BCUT2D eigenvalue weighted by Crippen LogP contribution is -2.35. The van der Waals surface area contributed by atoms with Crippen LogP contribution in [0.1, 0.15) is 60.1 Å². The second-order valence-corrected chi connectivity index (χ2v) is 13.2. The molecule has 15 heteroatoms. The van der Waals surface area contributed by atoms with Crippen LogP contribution >= 0.6 is 11.6 Å². The molecule has 3 aromatic heterocycles. The third-order valence-corrected chi connectivity index (χ3v) is 9.48. The Hall–Kier alpha value is -4.50. The van der Waals surface area contributed by atoms with Crippen LogP contribution in [0, 0.1) is 0 Å². The minimum absolute atomic E-state index is 0.00513. The minimum Gasteiger partial charge on any atom is -0.481 e. The minimum atomic E-state index is -4.74. The monoisotopic (exact) mass is 740 g/mol. The highest BCUT2D eigenvalue weighted by molar-refractivity contribution is 6.35. The number of nitrogens with one attached hydrogen (secondary N) is 3. The molecule has 0 unspecified atom stereocenters. The van der Waals surface area contributed by atoms with Crippen LogP contribution in [0.25, 0.3) is 22.5 Å². The quantitative estimate of drug-likeness (QED) is 0.126. The first-order valence-electron chi connectivity index (χ1n) is 17.0. The van der Waals surface area contributed by atoms with Crippen LogP contribution in [0.4, 0.5) is 13.2 Å². The summed E-state index contributed by atoms with van der Waals surface area (Å²) in [5.41, 5.74) is 4.05. The van der Waals surface area contributed by atoms with Crippen molar-refractivity contribution < 1.29 is 37.3 Å². The molecule has 1 aromatic carbocycles. The Balaban J connectivity index is 1.25. The molecule has 0 saturated carbocycles. The third kappa shape index (κ3) is 8.25. The van der Waals surface area contributed by atoms with Gasteiger partial charge in [-0.3, -0.25) is 9.78 Å². The summed E-state index contributed by atoms with van der Waals surface area (Å²) in [6, 6.07) is 12.1. The Morgan fingerprint density at radius 3 is 2.46 bits per heavy atom. The molecule has 3 atom stereocenters. The molecule has 276 valence electrons. The summed E-state index contributed by atoms with van der Waals surface area (Å²) >= 11 is 7.03. The van der Waals surface area contributed by atoms with Gasteiger partial charge in [0.25, 0.3) is 0 Å². The van der Waals surface area contributed by atoms with Crippen LogP contribution in [-0.4, -0.2) is 65.4 Å². The number of carbonyl (C=O) groups excluding carboxylic acids is 1. The number of nitrogens with zero attached hydrogens (tertiary/aromatic N) is 3. The SMILES string of the molecule is COc1nc(-c2ccnc(-c3cccc4c3CC[C@@H]4Oc3nc(OC)c(CNC[C@@H](C)O)cc3C(F)(F)F)c2Cl)ccc1CNC[C@H]1CCC(=O)N1. The highest BCUT2D eigenvalue weighted by Gasteiger charge is 2.39. The van der Waals surface area contributed by atoms with Crippen molar-refractivity contribution in [2.24, 2.45) is 0 Å². The number of methoxy groups -OCH3 is 2. The number of amides is 1. The Labute approximate surface area is 304 Å². The molecule has 4 N–H and O–H groups in total. The van der Waals surface area contributed by atoms with Gasteiger partial charge in [-0.05, 0) is 55.5 Å². The van der Waals surface area contributed by atoms with Crippen LogP contribution in [-0.2, 0) is 30.5 Å². The number of aromatic nitrogens is 3. The van der Waals surface area contributed by atoms with Crippen LogP contribution in [0.3, 0.4) is 0 Å². The summed E-state index contributed by atoms with van der Waals surface area (Å²) in [6.45, 7) is 2.90. The summed E-state index contributed by atoms with van der Waals surface area (Å²) in [5, 5.41) is 19.1. The molecule has 2 aliphatic rings. The highest BCUT2D eigenvalue weighted by atomic mass is 35.5. The Morgan fingerprint density at radius 1 is 0.981 bits per heavy atom. The Kier molecular flexibility index (Phi) is 11.5. The second kappa shape index (κ2) is 16.0. The summed E-state index contributed by atoms with van der Waals surface area (Å²) < 4.78 is 59.9. The van der Waals surface area contributed by atoms with E-state index in [2.05, 4.69) is 25.9 Å². The zero-order valence-corrected chi connectivity index (χ0v) is 29.7. The fourth-order valence-electron chi connectivity index (χ4n) is 6.60. The smallest absolute Gasteiger partial charge is 0.421 e. The van der Waals surface area contributed by atoms with Gasteiger partial charge in [-0.1, -0.05) is 35.9 Å². The average Bonchev–Trinajstić information content (AvgIpc) is 3.73. The molecule has 6 rings (SSSR count). The number of fused-ring (bicyclic) bond motifs is 1. The summed E-state index contributed by atoms with van der Waals surface area (Å²) in [5.74, 6) is -0.0810. The van der Waals surface area contributed by atoms with Gasteiger partial charge in [-0.2, -0.15) is 18.2 Å². The third-order valence-electron chi connectivity index (χ3n) is 9.09. The van der Waals surface area contributed by atoms with Gasteiger partial charge >= 0.3 is 6.18 Å². The number of hydrogen-bond acceptors (Lipinski definition) is 10. The maximum absolute atomic E-state index is 14.3. The Bertz CT molecular complexity index is 1930. The van der Waals surface area contributed by atoms with Crippen LogP contribution in [0.2, 0.25) is 5.02 Å². The number of aliphatic hydroxyl groups excluding tert-OH is 1. The maximum Gasteiger partial charge on any atom is 0.421 e. The molecule has 52 heavy (non-hydrogen) atoms. The van der Waals surface area contributed by atoms with Gasteiger partial charge in [0.05, 0.1) is 36.7 Å². The first kappa shape index (κ1) is 37.3. The van der Waals surface area contributed by atoms with E-state index < -0.39 is 29.8 Å². The lowest BCUT2D eigenvalue weighted by Gasteiger charge is -2.21. The number of benzene rings is 1. The zero-order chi connectivity index (χ0) is 37.0. The number of halogens is 4. The summed E-state index contributed by atoms with van der Waals surface area (Å²) in [7, 11) is 2.88. The van der Waals surface area contributed by atoms with Gasteiger partial charge in [0.15, 0.2) is 0 Å².